The quantitative estimate of drug-likeness (QED) is 0.794. The van der Waals surface area contributed by atoms with Crippen LogP contribution in [-0.4, -0.2) is 19.8 Å². The fourth-order valence-corrected chi connectivity index (χ4v) is 2.16. The average molecular weight is 219 g/mol. The molecular weight excluding hydrogens is 198 g/mol. The smallest absolute Gasteiger partial charge is 0.0618 e. The van der Waals surface area contributed by atoms with Crippen molar-refractivity contribution in [2.75, 3.05) is 13.7 Å². The van der Waals surface area contributed by atoms with Crippen LogP contribution in [0.25, 0.3) is 0 Å². The van der Waals surface area contributed by atoms with Gasteiger partial charge in [0.25, 0.3) is 0 Å². The Hall–Kier alpha value is -0.860. The van der Waals surface area contributed by atoms with Gasteiger partial charge in [-0.2, -0.15) is 0 Å². The van der Waals surface area contributed by atoms with Crippen molar-refractivity contribution in [2.45, 2.75) is 31.8 Å². The zero-order valence-electron chi connectivity index (χ0n) is 10.1. The molecule has 1 aliphatic carbocycles. The first kappa shape index (κ1) is 11.6. The van der Waals surface area contributed by atoms with Crippen LogP contribution in [0.15, 0.2) is 30.3 Å². The number of ether oxygens (including phenoxy) is 1. The Kier molecular flexibility index (Phi) is 3.97. The lowest BCUT2D eigenvalue weighted by atomic mass is 10.1. The molecule has 1 aromatic carbocycles. The molecule has 1 fully saturated rings. The van der Waals surface area contributed by atoms with Gasteiger partial charge in [0.1, 0.15) is 0 Å². The van der Waals surface area contributed by atoms with Gasteiger partial charge in [0.2, 0.25) is 0 Å². The van der Waals surface area contributed by atoms with Crippen LogP contribution in [-0.2, 0) is 4.74 Å². The van der Waals surface area contributed by atoms with Crippen molar-refractivity contribution in [1.29, 1.82) is 0 Å². The van der Waals surface area contributed by atoms with E-state index in [1.54, 1.807) is 7.11 Å². The van der Waals surface area contributed by atoms with Gasteiger partial charge in [0, 0.05) is 19.2 Å². The highest BCUT2D eigenvalue weighted by Gasteiger charge is 2.31. The van der Waals surface area contributed by atoms with Crippen molar-refractivity contribution in [1.82, 2.24) is 5.32 Å². The molecule has 2 unspecified atom stereocenters. The number of hydrogen-bond donors (Lipinski definition) is 1. The van der Waals surface area contributed by atoms with Gasteiger partial charge in [-0.1, -0.05) is 30.3 Å². The van der Waals surface area contributed by atoms with E-state index in [4.69, 9.17) is 4.74 Å². The lowest BCUT2D eigenvalue weighted by Gasteiger charge is -2.23. The Morgan fingerprint density at radius 2 is 2.00 bits per heavy atom. The maximum absolute atomic E-state index is 5.28. The SMILES string of the molecule is COCC(NC(C)c1ccccc1)C1CC1. The van der Waals surface area contributed by atoms with Crippen molar-refractivity contribution in [3.63, 3.8) is 0 Å². The Bertz CT molecular complexity index is 308. The fraction of sp³-hybridized carbons (Fsp3) is 0.571. The molecule has 2 rings (SSSR count). The van der Waals surface area contributed by atoms with Gasteiger partial charge in [-0.15, -0.1) is 0 Å². The molecule has 0 aliphatic heterocycles. The third kappa shape index (κ3) is 3.06. The van der Waals surface area contributed by atoms with Gasteiger partial charge in [-0.05, 0) is 31.2 Å². The number of methoxy groups -OCH3 is 1. The van der Waals surface area contributed by atoms with Gasteiger partial charge in [-0.3, -0.25) is 0 Å². The summed E-state index contributed by atoms with van der Waals surface area (Å²) in [6.07, 6.45) is 2.70. The van der Waals surface area contributed by atoms with Crippen molar-refractivity contribution in [3.8, 4) is 0 Å². The molecule has 0 aromatic heterocycles. The van der Waals surface area contributed by atoms with Crippen LogP contribution >= 0.6 is 0 Å². The molecule has 1 N–H and O–H groups in total. The second kappa shape index (κ2) is 5.46. The monoisotopic (exact) mass is 219 g/mol. The van der Waals surface area contributed by atoms with E-state index in [0.29, 0.717) is 12.1 Å². The molecule has 0 spiro atoms. The summed E-state index contributed by atoms with van der Waals surface area (Å²) in [6, 6.07) is 11.5. The first-order valence-corrected chi connectivity index (χ1v) is 6.11. The Morgan fingerprint density at radius 1 is 1.31 bits per heavy atom. The van der Waals surface area contributed by atoms with Crippen LogP contribution in [0.2, 0.25) is 0 Å². The van der Waals surface area contributed by atoms with E-state index < -0.39 is 0 Å². The van der Waals surface area contributed by atoms with Crippen molar-refractivity contribution in [2.24, 2.45) is 5.92 Å². The lowest BCUT2D eigenvalue weighted by molar-refractivity contribution is 0.152. The van der Waals surface area contributed by atoms with Crippen LogP contribution in [0.3, 0.4) is 0 Å². The fourth-order valence-electron chi connectivity index (χ4n) is 2.16. The van der Waals surface area contributed by atoms with Gasteiger partial charge < -0.3 is 10.1 Å². The largest absolute Gasteiger partial charge is 0.383 e. The van der Waals surface area contributed by atoms with Crippen LogP contribution < -0.4 is 5.32 Å². The summed E-state index contributed by atoms with van der Waals surface area (Å²) in [7, 11) is 1.78. The van der Waals surface area contributed by atoms with Gasteiger partial charge in [0.05, 0.1) is 6.61 Å². The van der Waals surface area contributed by atoms with E-state index in [0.717, 1.165) is 12.5 Å². The summed E-state index contributed by atoms with van der Waals surface area (Å²) in [5.74, 6) is 0.825. The molecule has 16 heavy (non-hydrogen) atoms. The maximum atomic E-state index is 5.28. The molecule has 2 atom stereocenters. The lowest BCUT2D eigenvalue weighted by Crippen LogP contribution is -2.36. The maximum Gasteiger partial charge on any atom is 0.0618 e. The molecule has 0 amide bonds. The van der Waals surface area contributed by atoms with Gasteiger partial charge in [0.15, 0.2) is 0 Å². The molecule has 2 nitrogen and oxygen atoms in total. The second-order valence-electron chi connectivity index (χ2n) is 4.70. The molecular formula is C14H21NO. The Balaban J connectivity index is 1.92. The zero-order chi connectivity index (χ0) is 11.4. The number of benzene rings is 1. The van der Waals surface area contributed by atoms with Crippen LogP contribution in [0, 0.1) is 5.92 Å². The minimum atomic E-state index is 0.405. The van der Waals surface area contributed by atoms with E-state index >= 15 is 0 Å². The minimum absolute atomic E-state index is 0.405. The van der Waals surface area contributed by atoms with E-state index in [9.17, 15) is 0 Å². The topological polar surface area (TPSA) is 21.3 Å². The molecule has 0 bridgehead atoms. The highest BCUT2D eigenvalue weighted by atomic mass is 16.5. The van der Waals surface area contributed by atoms with Crippen LogP contribution in [0.4, 0.5) is 0 Å². The van der Waals surface area contributed by atoms with Gasteiger partial charge in [-0.25, -0.2) is 0 Å². The molecule has 0 radical (unpaired) electrons. The summed E-state index contributed by atoms with van der Waals surface area (Å²) in [6.45, 7) is 3.04. The number of hydrogen-bond acceptors (Lipinski definition) is 2. The first-order valence-electron chi connectivity index (χ1n) is 6.11. The third-order valence-electron chi connectivity index (χ3n) is 3.30. The van der Waals surface area contributed by atoms with E-state index in [1.807, 2.05) is 0 Å². The summed E-state index contributed by atoms with van der Waals surface area (Å²) < 4.78 is 5.28. The average Bonchev–Trinajstić information content (AvgIpc) is 3.13. The summed E-state index contributed by atoms with van der Waals surface area (Å²) >= 11 is 0. The third-order valence-corrected chi connectivity index (χ3v) is 3.30. The highest BCUT2D eigenvalue weighted by Crippen LogP contribution is 2.33. The summed E-state index contributed by atoms with van der Waals surface area (Å²) in [5.41, 5.74) is 1.35. The normalized spacial score (nSPS) is 19.4. The van der Waals surface area contributed by atoms with Crippen molar-refractivity contribution in [3.05, 3.63) is 35.9 Å². The molecule has 2 heteroatoms. The molecule has 1 aromatic rings. The predicted molar refractivity (Wildman–Crippen MR) is 66.4 cm³/mol. The highest BCUT2D eigenvalue weighted by molar-refractivity contribution is 5.18. The molecule has 1 aliphatic rings. The summed E-state index contributed by atoms with van der Waals surface area (Å²) in [5, 5.41) is 3.67. The van der Waals surface area contributed by atoms with E-state index in [1.165, 1.54) is 18.4 Å². The molecule has 1 saturated carbocycles. The van der Waals surface area contributed by atoms with E-state index in [-0.39, 0.29) is 0 Å². The second-order valence-corrected chi connectivity index (χ2v) is 4.70. The predicted octanol–water partition coefficient (Wildman–Crippen LogP) is 2.76. The standard InChI is InChI=1S/C14H21NO/c1-11(12-6-4-3-5-7-12)15-14(10-16-2)13-8-9-13/h3-7,11,13-15H,8-10H2,1-2H3. The Morgan fingerprint density at radius 3 is 2.56 bits per heavy atom. The number of rotatable bonds is 6. The zero-order valence-corrected chi connectivity index (χ0v) is 10.1. The molecule has 0 heterocycles. The number of nitrogens with one attached hydrogen (secondary N) is 1. The Labute approximate surface area is 98.0 Å². The van der Waals surface area contributed by atoms with Crippen LogP contribution in [0.1, 0.15) is 31.4 Å². The minimum Gasteiger partial charge on any atom is -0.383 e. The summed E-state index contributed by atoms with van der Waals surface area (Å²) in [4.78, 5) is 0. The van der Waals surface area contributed by atoms with E-state index in [2.05, 4.69) is 42.6 Å². The van der Waals surface area contributed by atoms with Crippen molar-refractivity contribution >= 4 is 0 Å². The first-order chi connectivity index (χ1) is 7.81. The molecule has 88 valence electrons. The van der Waals surface area contributed by atoms with Crippen LogP contribution in [0.5, 0.6) is 0 Å². The molecule has 0 saturated heterocycles. The van der Waals surface area contributed by atoms with Crippen molar-refractivity contribution < 1.29 is 4.74 Å². The van der Waals surface area contributed by atoms with Gasteiger partial charge >= 0.3 is 0 Å².